The van der Waals surface area contributed by atoms with Crippen molar-refractivity contribution in [3.63, 3.8) is 0 Å². The van der Waals surface area contributed by atoms with Gasteiger partial charge in [-0.25, -0.2) is 4.39 Å². The van der Waals surface area contributed by atoms with Gasteiger partial charge in [0.25, 0.3) is 5.69 Å². The molecule has 0 amide bonds. The smallest absolute Gasteiger partial charge is 0.270 e. The van der Waals surface area contributed by atoms with Crippen LogP contribution in [0.5, 0.6) is 5.75 Å². The second-order valence-electron chi connectivity index (χ2n) is 4.71. The number of non-ortho nitro benzene ring substituents is 1. The summed E-state index contributed by atoms with van der Waals surface area (Å²) in [6.45, 7) is 3.31. The zero-order chi connectivity index (χ0) is 15.9. The number of halogens is 1. The fourth-order valence-electron chi connectivity index (χ4n) is 2.06. The zero-order valence-electron chi connectivity index (χ0n) is 12.2. The van der Waals surface area contributed by atoms with Crippen LogP contribution < -0.4 is 10.1 Å². The summed E-state index contributed by atoms with van der Waals surface area (Å²) in [5.74, 6) is 0.348. The minimum absolute atomic E-state index is 0.0297. The lowest BCUT2D eigenvalue weighted by atomic mass is 10.1. The van der Waals surface area contributed by atoms with Crippen molar-refractivity contribution in [2.24, 2.45) is 0 Å². The van der Waals surface area contributed by atoms with E-state index in [0.717, 1.165) is 11.1 Å². The Bertz CT molecular complexity index is 644. The largest absolute Gasteiger partial charge is 0.494 e. The summed E-state index contributed by atoms with van der Waals surface area (Å²) < 4.78 is 18.3. The molecule has 2 rings (SSSR count). The van der Waals surface area contributed by atoms with Crippen LogP contribution in [0.15, 0.2) is 42.5 Å². The van der Waals surface area contributed by atoms with E-state index in [0.29, 0.717) is 25.4 Å². The van der Waals surface area contributed by atoms with E-state index in [1.165, 1.54) is 24.3 Å². The first kappa shape index (κ1) is 15.9. The standard InChI is InChI=1S/C16H17FN2O3/c1-2-22-16-8-7-15(19(20)21)9-13(16)11-18-10-12-3-5-14(17)6-4-12/h3-9,18H,2,10-11H2,1H3. The summed E-state index contributed by atoms with van der Waals surface area (Å²) in [6, 6.07) is 10.7. The molecule has 0 saturated carbocycles. The Morgan fingerprint density at radius 1 is 1.18 bits per heavy atom. The normalized spacial score (nSPS) is 10.5. The minimum atomic E-state index is -0.431. The quantitative estimate of drug-likeness (QED) is 0.629. The highest BCUT2D eigenvalue weighted by Gasteiger charge is 2.11. The average molecular weight is 304 g/mol. The van der Waals surface area contributed by atoms with Crippen LogP contribution in [-0.2, 0) is 13.1 Å². The van der Waals surface area contributed by atoms with E-state index < -0.39 is 4.92 Å². The summed E-state index contributed by atoms with van der Waals surface area (Å²) in [4.78, 5) is 10.4. The van der Waals surface area contributed by atoms with Gasteiger partial charge in [-0.3, -0.25) is 10.1 Å². The van der Waals surface area contributed by atoms with Crippen LogP contribution in [0.4, 0.5) is 10.1 Å². The van der Waals surface area contributed by atoms with E-state index in [9.17, 15) is 14.5 Å². The number of hydrogen-bond acceptors (Lipinski definition) is 4. The van der Waals surface area contributed by atoms with Gasteiger partial charge in [0.15, 0.2) is 0 Å². The first-order valence-electron chi connectivity index (χ1n) is 6.95. The van der Waals surface area contributed by atoms with Gasteiger partial charge in [0.1, 0.15) is 11.6 Å². The van der Waals surface area contributed by atoms with E-state index in [4.69, 9.17) is 4.74 Å². The van der Waals surface area contributed by atoms with Gasteiger partial charge in [-0.15, -0.1) is 0 Å². The number of rotatable bonds is 7. The monoisotopic (exact) mass is 304 g/mol. The predicted molar refractivity (Wildman–Crippen MR) is 81.2 cm³/mol. The second-order valence-corrected chi connectivity index (χ2v) is 4.71. The molecule has 116 valence electrons. The molecule has 2 aromatic rings. The molecule has 0 heterocycles. The molecule has 6 heteroatoms. The Morgan fingerprint density at radius 2 is 1.91 bits per heavy atom. The third-order valence-electron chi connectivity index (χ3n) is 3.11. The van der Waals surface area contributed by atoms with Crippen LogP contribution in [0.2, 0.25) is 0 Å². The highest BCUT2D eigenvalue weighted by atomic mass is 19.1. The van der Waals surface area contributed by atoms with Crippen LogP contribution >= 0.6 is 0 Å². The van der Waals surface area contributed by atoms with Gasteiger partial charge in [-0.1, -0.05) is 12.1 Å². The zero-order valence-corrected chi connectivity index (χ0v) is 12.2. The first-order chi connectivity index (χ1) is 10.6. The van der Waals surface area contributed by atoms with E-state index in [1.807, 2.05) is 6.92 Å². The van der Waals surface area contributed by atoms with Gasteiger partial charge < -0.3 is 10.1 Å². The van der Waals surface area contributed by atoms with Crippen molar-refractivity contribution in [2.45, 2.75) is 20.0 Å². The fourth-order valence-corrected chi connectivity index (χ4v) is 2.06. The summed E-state index contributed by atoms with van der Waals surface area (Å²) >= 11 is 0. The maximum atomic E-state index is 12.8. The van der Waals surface area contributed by atoms with Crippen molar-refractivity contribution in [3.8, 4) is 5.75 Å². The molecule has 22 heavy (non-hydrogen) atoms. The second kappa shape index (κ2) is 7.51. The SMILES string of the molecule is CCOc1ccc([N+](=O)[O-])cc1CNCc1ccc(F)cc1. The summed E-state index contributed by atoms with van der Waals surface area (Å²) in [7, 11) is 0. The molecule has 5 nitrogen and oxygen atoms in total. The Kier molecular flexibility index (Phi) is 5.43. The van der Waals surface area contributed by atoms with Crippen molar-refractivity contribution in [1.29, 1.82) is 0 Å². The maximum Gasteiger partial charge on any atom is 0.270 e. The van der Waals surface area contributed by atoms with Crippen molar-refractivity contribution >= 4 is 5.69 Å². The van der Waals surface area contributed by atoms with E-state index in [2.05, 4.69) is 5.32 Å². The van der Waals surface area contributed by atoms with Crippen LogP contribution in [0.1, 0.15) is 18.1 Å². The highest BCUT2D eigenvalue weighted by molar-refractivity contribution is 5.43. The molecule has 0 aliphatic rings. The van der Waals surface area contributed by atoms with Gasteiger partial charge in [-0.2, -0.15) is 0 Å². The van der Waals surface area contributed by atoms with Crippen LogP contribution in [0.3, 0.4) is 0 Å². The van der Waals surface area contributed by atoms with Gasteiger partial charge in [0, 0.05) is 30.8 Å². The highest BCUT2D eigenvalue weighted by Crippen LogP contribution is 2.24. The van der Waals surface area contributed by atoms with Crippen LogP contribution in [0, 0.1) is 15.9 Å². The van der Waals surface area contributed by atoms with Gasteiger partial charge >= 0.3 is 0 Å². The Balaban J connectivity index is 2.04. The molecule has 0 aliphatic heterocycles. The topological polar surface area (TPSA) is 64.4 Å². The van der Waals surface area contributed by atoms with E-state index in [-0.39, 0.29) is 11.5 Å². The predicted octanol–water partition coefficient (Wildman–Crippen LogP) is 3.42. The first-order valence-corrected chi connectivity index (χ1v) is 6.95. The van der Waals surface area contributed by atoms with E-state index in [1.54, 1.807) is 18.2 Å². The molecule has 1 N–H and O–H groups in total. The molecule has 0 fully saturated rings. The molecule has 0 unspecified atom stereocenters. The number of benzene rings is 2. The summed E-state index contributed by atoms with van der Waals surface area (Å²) in [6.07, 6.45) is 0. The van der Waals surface area contributed by atoms with E-state index >= 15 is 0 Å². The fraction of sp³-hybridized carbons (Fsp3) is 0.250. The third kappa shape index (κ3) is 4.26. The lowest BCUT2D eigenvalue weighted by Crippen LogP contribution is -2.14. The lowest BCUT2D eigenvalue weighted by molar-refractivity contribution is -0.384. The van der Waals surface area contributed by atoms with Gasteiger partial charge in [0.05, 0.1) is 11.5 Å². The van der Waals surface area contributed by atoms with Crippen molar-refractivity contribution in [2.75, 3.05) is 6.61 Å². The summed E-state index contributed by atoms with van der Waals surface area (Å²) in [5, 5.41) is 14.0. The molecular weight excluding hydrogens is 287 g/mol. The van der Waals surface area contributed by atoms with Crippen molar-refractivity contribution < 1.29 is 14.1 Å². The third-order valence-corrected chi connectivity index (χ3v) is 3.11. The van der Waals surface area contributed by atoms with Crippen LogP contribution in [-0.4, -0.2) is 11.5 Å². The van der Waals surface area contributed by atoms with Gasteiger partial charge in [-0.05, 0) is 30.7 Å². The maximum absolute atomic E-state index is 12.8. The number of hydrogen-bond donors (Lipinski definition) is 1. The Labute approximate surface area is 127 Å². The Morgan fingerprint density at radius 3 is 2.55 bits per heavy atom. The number of nitro benzene ring substituents is 1. The number of ether oxygens (including phenoxy) is 1. The number of nitrogens with one attached hydrogen (secondary N) is 1. The number of nitrogens with zero attached hydrogens (tertiary/aromatic N) is 1. The van der Waals surface area contributed by atoms with Gasteiger partial charge in [0.2, 0.25) is 0 Å². The number of nitro groups is 1. The molecule has 0 atom stereocenters. The van der Waals surface area contributed by atoms with Crippen molar-refractivity contribution in [3.05, 3.63) is 69.5 Å². The molecule has 0 aliphatic carbocycles. The summed E-state index contributed by atoms with van der Waals surface area (Å²) in [5.41, 5.74) is 1.69. The molecule has 0 bridgehead atoms. The molecule has 2 aromatic carbocycles. The molecule has 0 saturated heterocycles. The molecular formula is C16H17FN2O3. The average Bonchev–Trinajstić information content (AvgIpc) is 2.51. The Hall–Kier alpha value is -2.47. The molecule has 0 aromatic heterocycles. The van der Waals surface area contributed by atoms with Crippen molar-refractivity contribution in [1.82, 2.24) is 5.32 Å². The lowest BCUT2D eigenvalue weighted by Gasteiger charge is -2.11. The molecule has 0 spiro atoms. The minimum Gasteiger partial charge on any atom is -0.494 e. The van der Waals surface area contributed by atoms with Crippen LogP contribution in [0.25, 0.3) is 0 Å². The molecule has 0 radical (unpaired) electrons.